The molecule has 0 spiro atoms. The summed E-state index contributed by atoms with van der Waals surface area (Å²) in [4.78, 5) is 27.8. The third kappa shape index (κ3) is 3.42. The minimum absolute atomic E-state index is 0.00395. The van der Waals surface area contributed by atoms with E-state index in [4.69, 9.17) is 4.52 Å². The molecule has 1 saturated carbocycles. The lowest BCUT2D eigenvalue weighted by molar-refractivity contribution is 0.0756. The third-order valence-electron chi connectivity index (χ3n) is 5.34. The van der Waals surface area contributed by atoms with Crippen molar-refractivity contribution < 1.29 is 9.32 Å². The van der Waals surface area contributed by atoms with Crippen molar-refractivity contribution in [3.63, 3.8) is 0 Å². The minimum Gasteiger partial charge on any atom is -0.337 e. The molecule has 0 atom stereocenters. The number of hydrogen-bond acceptors (Lipinski definition) is 6. The number of nitrogens with zero attached hydrogens (tertiary/aromatic N) is 6. The number of carbonyl (C=O) groups is 1. The zero-order valence-electron chi connectivity index (χ0n) is 15.6. The maximum atomic E-state index is 12.7. The van der Waals surface area contributed by atoms with E-state index in [-0.39, 0.29) is 5.91 Å². The predicted octanol–water partition coefficient (Wildman–Crippen LogP) is 3.21. The molecule has 28 heavy (non-hydrogen) atoms. The Kier molecular flexibility index (Phi) is 4.38. The van der Waals surface area contributed by atoms with Gasteiger partial charge in [0.25, 0.3) is 11.8 Å². The van der Waals surface area contributed by atoms with Crippen molar-refractivity contribution in [3.05, 3.63) is 42.4 Å². The van der Waals surface area contributed by atoms with Crippen LogP contribution in [0.15, 0.2) is 35.4 Å². The van der Waals surface area contributed by atoms with Gasteiger partial charge in [-0.2, -0.15) is 4.98 Å². The third-order valence-corrected chi connectivity index (χ3v) is 5.34. The average molecular weight is 378 g/mol. The summed E-state index contributed by atoms with van der Waals surface area (Å²) in [6.45, 7) is 1.62. The van der Waals surface area contributed by atoms with Gasteiger partial charge in [-0.1, -0.05) is 18.0 Å². The summed E-state index contributed by atoms with van der Waals surface area (Å²) in [6.07, 6.45) is 11.9. The zero-order chi connectivity index (χ0) is 18.9. The molecule has 1 saturated heterocycles. The van der Waals surface area contributed by atoms with Gasteiger partial charge in [-0.3, -0.25) is 9.36 Å². The molecule has 8 heteroatoms. The Morgan fingerprint density at radius 2 is 1.89 bits per heavy atom. The van der Waals surface area contributed by atoms with Gasteiger partial charge in [0, 0.05) is 31.4 Å². The van der Waals surface area contributed by atoms with Gasteiger partial charge in [0.2, 0.25) is 0 Å². The van der Waals surface area contributed by atoms with E-state index in [1.807, 2.05) is 17.0 Å². The van der Waals surface area contributed by atoms with E-state index in [0.29, 0.717) is 23.3 Å². The number of imidazole rings is 1. The van der Waals surface area contributed by atoms with Crippen molar-refractivity contribution >= 4 is 5.91 Å². The first-order valence-corrected chi connectivity index (χ1v) is 9.91. The fraction of sp³-hybridized carbons (Fsp3) is 0.450. The molecule has 2 aliphatic rings. The Morgan fingerprint density at radius 3 is 2.61 bits per heavy atom. The molecule has 1 amide bonds. The SMILES string of the molecule is O=C(c1cn(-c2ccc(-c3nc(C4CC4)no3)cn2)cn1)N1CCCCCC1. The molecule has 1 aliphatic heterocycles. The van der Waals surface area contributed by atoms with Crippen LogP contribution in [-0.2, 0) is 0 Å². The van der Waals surface area contributed by atoms with Gasteiger partial charge < -0.3 is 9.42 Å². The number of hydrogen-bond donors (Lipinski definition) is 0. The van der Waals surface area contributed by atoms with Crippen molar-refractivity contribution in [2.24, 2.45) is 0 Å². The van der Waals surface area contributed by atoms with Gasteiger partial charge >= 0.3 is 0 Å². The molecule has 144 valence electrons. The molecule has 0 radical (unpaired) electrons. The van der Waals surface area contributed by atoms with Crippen molar-refractivity contribution in [1.29, 1.82) is 0 Å². The fourth-order valence-electron chi connectivity index (χ4n) is 3.52. The molecule has 0 unspecified atom stereocenters. The van der Waals surface area contributed by atoms with Gasteiger partial charge in [0.15, 0.2) is 5.82 Å². The smallest absolute Gasteiger partial charge is 0.274 e. The Labute approximate surface area is 162 Å². The van der Waals surface area contributed by atoms with Crippen molar-refractivity contribution in [3.8, 4) is 17.3 Å². The highest BCUT2D eigenvalue weighted by atomic mass is 16.5. The fourth-order valence-corrected chi connectivity index (χ4v) is 3.52. The molecule has 3 aromatic heterocycles. The van der Waals surface area contributed by atoms with Crippen LogP contribution in [0.1, 0.15) is 60.8 Å². The topological polar surface area (TPSA) is 89.9 Å². The van der Waals surface area contributed by atoms with Crippen LogP contribution in [0.4, 0.5) is 0 Å². The minimum atomic E-state index is -0.00395. The van der Waals surface area contributed by atoms with Gasteiger partial charge in [0.05, 0.1) is 5.56 Å². The summed E-state index contributed by atoms with van der Waals surface area (Å²) in [5, 5.41) is 4.04. The first kappa shape index (κ1) is 17.1. The van der Waals surface area contributed by atoms with Crippen LogP contribution in [0.25, 0.3) is 17.3 Å². The number of carbonyl (C=O) groups excluding carboxylic acids is 1. The van der Waals surface area contributed by atoms with E-state index in [9.17, 15) is 4.79 Å². The summed E-state index contributed by atoms with van der Waals surface area (Å²) in [5.41, 5.74) is 1.24. The lowest BCUT2D eigenvalue weighted by Crippen LogP contribution is -2.32. The second kappa shape index (κ2) is 7.18. The number of likely N-dealkylation sites (tertiary alicyclic amines) is 1. The van der Waals surface area contributed by atoms with E-state index >= 15 is 0 Å². The number of pyridine rings is 1. The largest absolute Gasteiger partial charge is 0.337 e. The normalized spacial score (nSPS) is 17.5. The van der Waals surface area contributed by atoms with E-state index in [0.717, 1.165) is 50.2 Å². The second-order valence-corrected chi connectivity index (χ2v) is 7.51. The Bertz CT molecular complexity index is 965. The molecule has 0 N–H and O–H groups in total. The van der Waals surface area contributed by atoms with E-state index in [2.05, 4.69) is 20.1 Å². The Balaban J connectivity index is 1.31. The maximum absolute atomic E-state index is 12.7. The van der Waals surface area contributed by atoms with Crippen molar-refractivity contribution in [1.82, 2.24) is 29.6 Å². The molecule has 3 aromatic rings. The van der Waals surface area contributed by atoms with Crippen LogP contribution >= 0.6 is 0 Å². The van der Waals surface area contributed by atoms with Crippen LogP contribution in [0.5, 0.6) is 0 Å². The lowest BCUT2D eigenvalue weighted by atomic mass is 10.2. The molecule has 1 aliphatic carbocycles. The highest BCUT2D eigenvalue weighted by Gasteiger charge is 2.29. The zero-order valence-corrected chi connectivity index (χ0v) is 15.6. The molecular weight excluding hydrogens is 356 g/mol. The second-order valence-electron chi connectivity index (χ2n) is 7.51. The molecule has 8 nitrogen and oxygen atoms in total. The average Bonchev–Trinajstić information content (AvgIpc) is 3.36. The summed E-state index contributed by atoms with van der Waals surface area (Å²) in [5.74, 6) is 2.41. The molecule has 5 rings (SSSR count). The van der Waals surface area contributed by atoms with E-state index < -0.39 is 0 Å². The maximum Gasteiger partial charge on any atom is 0.274 e. The Morgan fingerprint density at radius 1 is 1.07 bits per heavy atom. The Hall–Kier alpha value is -3.03. The number of aromatic nitrogens is 5. The number of rotatable bonds is 4. The molecule has 2 fully saturated rings. The first-order chi connectivity index (χ1) is 13.8. The van der Waals surface area contributed by atoms with Gasteiger partial charge in [-0.15, -0.1) is 0 Å². The molecule has 0 aromatic carbocycles. The van der Waals surface area contributed by atoms with E-state index in [1.54, 1.807) is 23.3 Å². The van der Waals surface area contributed by atoms with Crippen molar-refractivity contribution in [2.45, 2.75) is 44.4 Å². The first-order valence-electron chi connectivity index (χ1n) is 9.91. The summed E-state index contributed by atoms with van der Waals surface area (Å²) in [7, 11) is 0. The van der Waals surface area contributed by atoms with Gasteiger partial charge in [-0.05, 0) is 37.8 Å². The van der Waals surface area contributed by atoms with Crippen LogP contribution in [-0.4, -0.2) is 48.6 Å². The quantitative estimate of drug-likeness (QED) is 0.692. The molecule has 4 heterocycles. The van der Waals surface area contributed by atoms with Crippen LogP contribution < -0.4 is 0 Å². The molecular formula is C20H22N6O2. The van der Waals surface area contributed by atoms with Crippen LogP contribution in [0.2, 0.25) is 0 Å². The lowest BCUT2D eigenvalue weighted by Gasteiger charge is -2.18. The summed E-state index contributed by atoms with van der Waals surface area (Å²) >= 11 is 0. The van der Waals surface area contributed by atoms with Crippen LogP contribution in [0.3, 0.4) is 0 Å². The monoisotopic (exact) mass is 378 g/mol. The van der Waals surface area contributed by atoms with E-state index in [1.165, 1.54) is 12.8 Å². The standard InChI is InChI=1S/C20H22N6O2/c27-20(25-9-3-1-2-4-10-25)16-12-26(13-22-16)17-8-7-15(11-21-17)19-23-18(24-28-19)14-5-6-14/h7-8,11-14H,1-6,9-10H2. The predicted molar refractivity (Wildman–Crippen MR) is 101 cm³/mol. The summed E-state index contributed by atoms with van der Waals surface area (Å²) < 4.78 is 7.10. The van der Waals surface area contributed by atoms with Gasteiger partial charge in [0.1, 0.15) is 17.8 Å². The van der Waals surface area contributed by atoms with Crippen LogP contribution in [0, 0.1) is 0 Å². The van der Waals surface area contributed by atoms with Gasteiger partial charge in [-0.25, -0.2) is 9.97 Å². The summed E-state index contributed by atoms with van der Waals surface area (Å²) in [6, 6.07) is 3.75. The molecule has 0 bridgehead atoms. The highest BCUT2D eigenvalue weighted by molar-refractivity contribution is 5.92. The highest BCUT2D eigenvalue weighted by Crippen LogP contribution is 2.38. The van der Waals surface area contributed by atoms with Crippen molar-refractivity contribution in [2.75, 3.05) is 13.1 Å². The number of amides is 1.